The largest absolute Gasteiger partial charge is 0.337 e. The van der Waals surface area contributed by atoms with Gasteiger partial charge in [-0.05, 0) is 17.9 Å². The van der Waals surface area contributed by atoms with Gasteiger partial charge in [0.1, 0.15) is 4.88 Å². The van der Waals surface area contributed by atoms with Gasteiger partial charge in [0.2, 0.25) is 0 Å². The summed E-state index contributed by atoms with van der Waals surface area (Å²) in [6.07, 6.45) is 3.47. The predicted octanol–water partition coefficient (Wildman–Crippen LogP) is 2.71. The van der Waals surface area contributed by atoms with Crippen LogP contribution < -0.4 is 0 Å². The molecular weight excluding hydrogens is 258 g/mol. The highest BCUT2D eigenvalue weighted by molar-refractivity contribution is 7.13. The summed E-state index contributed by atoms with van der Waals surface area (Å²) < 4.78 is 0. The van der Waals surface area contributed by atoms with Crippen molar-refractivity contribution in [1.82, 2.24) is 15.1 Å². The molecule has 0 atom stereocenters. The summed E-state index contributed by atoms with van der Waals surface area (Å²) in [7, 11) is 1.75. The molecule has 2 aromatic heterocycles. The van der Waals surface area contributed by atoms with E-state index in [1.807, 2.05) is 12.3 Å². The van der Waals surface area contributed by atoms with Crippen molar-refractivity contribution in [3.05, 3.63) is 38.8 Å². The first kappa shape index (κ1) is 12.1. The number of nitrogens with zero attached hydrogens (tertiary/aromatic N) is 2. The van der Waals surface area contributed by atoms with Crippen LogP contribution in [0.25, 0.3) is 0 Å². The van der Waals surface area contributed by atoms with Gasteiger partial charge in [-0.3, -0.25) is 9.89 Å². The summed E-state index contributed by atoms with van der Waals surface area (Å²) in [5.74, 6) is -0.0608. The number of hydrogen-bond acceptors (Lipinski definition) is 3. The standard InChI is InChI=1S/C11H12ClN3OS/c1-7-6-17-10(9(7)12)11(16)15(2)5-8-3-13-14-4-8/h3-4,6H,5H2,1-2H3,(H,13,14). The third-order valence-corrected chi connectivity index (χ3v) is 4.10. The molecule has 6 heteroatoms. The lowest BCUT2D eigenvalue weighted by atomic mass is 10.3. The molecule has 0 bridgehead atoms. The summed E-state index contributed by atoms with van der Waals surface area (Å²) in [5.41, 5.74) is 1.90. The van der Waals surface area contributed by atoms with Crippen LogP contribution >= 0.6 is 22.9 Å². The predicted molar refractivity (Wildman–Crippen MR) is 68.5 cm³/mol. The number of H-pyrrole nitrogens is 1. The van der Waals surface area contributed by atoms with Crippen molar-refractivity contribution in [2.24, 2.45) is 0 Å². The number of carbonyl (C=O) groups is 1. The molecule has 0 aliphatic rings. The zero-order valence-corrected chi connectivity index (χ0v) is 11.1. The van der Waals surface area contributed by atoms with Gasteiger partial charge in [0.15, 0.2) is 0 Å². The van der Waals surface area contributed by atoms with Crippen LogP contribution in [0.15, 0.2) is 17.8 Å². The van der Waals surface area contributed by atoms with Gasteiger partial charge in [0.25, 0.3) is 5.91 Å². The molecule has 17 heavy (non-hydrogen) atoms. The second-order valence-corrected chi connectivity index (χ2v) is 5.09. The van der Waals surface area contributed by atoms with E-state index in [2.05, 4.69) is 10.2 Å². The van der Waals surface area contributed by atoms with Crippen molar-refractivity contribution in [1.29, 1.82) is 0 Å². The van der Waals surface area contributed by atoms with Crippen molar-refractivity contribution >= 4 is 28.8 Å². The Kier molecular flexibility index (Phi) is 3.49. The molecule has 0 saturated heterocycles. The number of rotatable bonds is 3. The highest BCUT2D eigenvalue weighted by Crippen LogP contribution is 2.28. The Labute approximate surface area is 108 Å². The smallest absolute Gasteiger partial charge is 0.265 e. The second-order valence-electron chi connectivity index (χ2n) is 3.83. The fourth-order valence-electron chi connectivity index (χ4n) is 1.46. The first-order valence-corrected chi connectivity index (χ1v) is 6.32. The van der Waals surface area contributed by atoms with Crippen LogP contribution in [0.3, 0.4) is 0 Å². The lowest BCUT2D eigenvalue weighted by molar-refractivity contribution is 0.0790. The number of halogens is 1. The summed E-state index contributed by atoms with van der Waals surface area (Å²) in [6, 6.07) is 0. The molecule has 2 rings (SSSR count). The van der Waals surface area contributed by atoms with E-state index in [4.69, 9.17) is 11.6 Å². The average Bonchev–Trinajstić information content (AvgIpc) is 2.90. The van der Waals surface area contributed by atoms with Crippen LogP contribution in [0.1, 0.15) is 20.8 Å². The minimum Gasteiger partial charge on any atom is -0.337 e. The van der Waals surface area contributed by atoms with Crippen LogP contribution in [-0.4, -0.2) is 28.1 Å². The Balaban J connectivity index is 2.12. The van der Waals surface area contributed by atoms with Crippen LogP contribution in [0, 0.1) is 6.92 Å². The molecule has 0 spiro atoms. The van der Waals surface area contributed by atoms with E-state index in [9.17, 15) is 4.79 Å². The number of amides is 1. The molecule has 0 aliphatic carbocycles. The van der Waals surface area contributed by atoms with Crippen molar-refractivity contribution < 1.29 is 4.79 Å². The van der Waals surface area contributed by atoms with Crippen molar-refractivity contribution in [2.45, 2.75) is 13.5 Å². The number of aromatic amines is 1. The van der Waals surface area contributed by atoms with Gasteiger partial charge >= 0.3 is 0 Å². The fourth-order valence-corrected chi connectivity index (χ4v) is 2.72. The van der Waals surface area contributed by atoms with E-state index in [-0.39, 0.29) is 5.91 Å². The minimum absolute atomic E-state index is 0.0608. The Morgan fingerprint density at radius 3 is 2.94 bits per heavy atom. The van der Waals surface area contributed by atoms with Gasteiger partial charge in [0, 0.05) is 25.4 Å². The number of nitrogens with one attached hydrogen (secondary N) is 1. The van der Waals surface area contributed by atoms with E-state index in [1.54, 1.807) is 24.3 Å². The Morgan fingerprint density at radius 1 is 1.65 bits per heavy atom. The molecule has 0 radical (unpaired) electrons. The summed E-state index contributed by atoms with van der Waals surface area (Å²) in [6.45, 7) is 2.41. The van der Waals surface area contributed by atoms with Crippen LogP contribution in [-0.2, 0) is 6.54 Å². The molecule has 4 nitrogen and oxygen atoms in total. The summed E-state index contributed by atoms with van der Waals surface area (Å²) in [4.78, 5) is 14.3. The zero-order valence-electron chi connectivity index (χ0n) is 9.53. The van der Waals surface area contributed by atoms with E-state index in [0.717, 1.165) is 11.1 Å². The molecule has 1 amide bonds. The molecule has 0 fully saturated rings. The van der Waals surface area contributed by atoms with Gasteiger partial charge in [-0.25, -0.2) is 0 Å². The normalized spacial score (nSPS) is 10.5. The third kappa shape index (κ3) is 2.50. The molecular formula is C11H12ClN3OS. The number of aryl methyl sites for hydroxylation is 1. The summed E-state index contributed by atoms with van der Waals surface area (Å²) in [5, 5.41) is 9.01. The van der Waals surface area contributed by atoms with Crippen molar-refractivity contribution in [3.8, 4) is 0 Å². The SMILES string of the molecule is Cc1csc(C(=O)N(C)Cc2cn[nH]c2)c1Cl. The van der Waals surface area contributed by atoms with Crippen LogP contribution in [0.5, 0.6) is 0 Å². The molecule has 2 aromatic rings. The molecule has 0 unspecified atom stereocenters. The molecule has 0 aliphatic heterocycles. The number of carbonyl (C=O) groups excluding carboxylic acids is 1. The van der Waals surface area contributed by atoms with E-state index >= 15 is 0 Å². The quantitative estimate of drug-likeness (QED) is 0.931. The van der Waals surface area contributed by atoms with Gasteiger partial charge in [0.05, 0.1) is 11.2 Å². The lowest BCUT2D eigenvalue weighted by Gasteiger charge is -2.15. The first-order chi connectivity index (χ1) is 8.09. The van der Waals surface area contributed by atoms with E-state index < -0.39 is 0 Å². The zero-order chi connectivity index (χ0) is 12.4. The van der Waals surface area contributed by atoms with E-state index in [1.165, 1.54) is 11.3 Å². The van der Waals surface area contributed by atoms with E-state index in [0.29, 0.717) is 16.4 Å². The third-order valence-electron chi connectivity index (χ3n) is 2.41. The van der Waals surface area contributed by atoms with Gasteiger partial charge in [-0.15, -0.1) is 11.3 Å². The fraction of sp³-hybridized carbons (Fsp3) is 0.273. The van der Waals surface area contributed by atoms with Crippen molar-refractivity contribution in [3.63, 3.8) is 0 Å². The average molecular weight is 270 g/mol. The Hall–Kier alpha value is -1.33. The maximum Gasteiger partial charge on any atom is 0.265 e. The molecule has 0 saturated carbocycles. The van der Waals surface area contributed by atoms with Crippen LogP contribution in [0.2, 0.25) is 5.02 Å². The highest BCUT2D eigenvalue weighted by atomic mass is 35.5. The molecule has 2 heterocycles. The van der Waals surface area contributed by atoms with Crippen LogP contribution in [0.4, 0.5) is 0 Å². The Morgan fingerprint density at radius 2 is 2.41 bits per heavy atom. The second kappa shape index (κ2) is 4.89. The Bertz CT molecular complexity index is 521. The molecule has 1 N–H and O–H groups in total. The van der Waals surface area contributed by atoms with Gasteiger partial charge in [-0.1, -0.05) is 11.6 Å². The molecule has 0 aromatic carbocycles. The number of hydrogen-bond donors (Lipinski definition) is 1. The van der Waals surface area contributed by atoms with Crippen molar-refractivity contribution in [2.75, 3.05) is 7.05 Å². The monoisotopic (exact) mass is 269 g/mol. The highest BCUT2D eigenvalue weighted by Gasteiger charge is 2.18. The minimum atomic E-state index is -0.0608. The topological polar surface area (TPSA) is 49.0 Å². The van der Waals surface area contributed by atoms with Gasteiger partial charge < -0.3 is 4.90 Å². The lowest BCUT2D eigenvalue weighted by Crippen LogP contribution is -2.25. The number of thiophene rings is 1. The molecule has 90 valence electrons. The maximum atomic E-state index is 12.1. The maximum absolute atomic E-state index is 12.1. The number of aromatic nitrogens is 2. The first-order valence-electron chi connectivity index (χ1n) is 5.06. The summed E-state index contributed by atoms with van der Waals surface area (Å²) >= 11 is 7.45. The van der Waals surface area contributed by atoms with Gasteiger partial charge in [-0.2, -0.15) is 5.10 Å².